The van der Waals surface area contributed by atoms with Gasteiger partial charge in [-0.25, -0.2) is 23.4 Å². The SMILES string of the molecule is C[C@@H](c1ccc2scnc2c1)N1CCC2(CC1)CN(c1ncc(S(C)(=O)=O)cn1)CN2. The Morgan fingerprint density at radius 3 is 2.61 bits per heavy atom. The Hall–Kier alpha value is -2.14. The van der Waals surface area contributed by atoms with Crippen molar-refractivity contribution in [2.75, 3.05) is 37.5 Å². The van der Waals surface area contributed by atoms with E-state index in [-0.39, 0.29) is 10.4 Å². The van der Waals surface area contributed by atoms with Gasteiger partial charge >= 0.3 is 0 Å². The monoisotopic (exact) mass is 458 g/mol. The molecular formula is C21H26N6O2S2. The van der Waals surface area contributed by atoms with E-state index in [1.54, 1.807) is 11.3 Å². The first-order valence-electron chi connectivity index (χ1n) is 10.4. The molecule has 164 valence electrons. The average molecular weight is 459 g/mol. The molecule has 1 atom stereocenters. The number of nitrogens with zero attached hydrogens (tertiary/aromatic N) is 5. The van der Waals surface area contributed by atoms with Gasteiger partial charge in [0.25, 0.3) is 0 Å². The highest BCUT2D eigenvalue weighted by Crippen LogP contribution is 2.33. The highest BCUT2D eigenvalue weighted by atomic mass is 32.2. The number of aromatic nitrogens is 3. The van der Waals surface area contributed by atoms with Crippen LogP contribution < -0.4 is 10.2 Å². The Kier molecular flexibility index (Phi) is 5.20. The predicted octanol–water partition coefficient (Wildman–Crippen LogP) is 2.45. The topological polar surface area (TPSA) is 91.3 Å². The smallest absolute Gasteiger partial charge is 0.226 e. The molecule has 3 aromatic rings. The lowest BCUT2D eigenvalue weighted by atomic mass is 9.87. The first-order valence-corrected chi connectivity index (χ1v) is 13.2. The van der Waals surface area contributed by atoms with E-state index in [2.05, 4.69) is 55.2 Å². The molecule has 0 aliphatic carbocycles. The van der Waals surface area contributed by atoms with Gasteiger partial charge in [-0.1, -0.05) is 6.07 Å². The molecule has 0 saturated carbocycles. The molecule has 1 aromatic carbocycles. The second kappa shape index (κ2) is 7.77. The number of benzene rings is 1. The van der Waals surface area contributed by atoms with Crippen molar-refractivity contribution >= 4 is 37.3 Å². The minimum atomic E-state index is -3.28. The van der Waals surface area contributed by atoms with Gasteiger partial charge in [0.2, 0.25) is 5.95 Å². The van der Waals surface area contributed by atoms with E-state index in [0.717, 1.165) is 38.0 Å². The van der Waals surface area contributed by atoms with Gasteiger partial charge in [-0.3, -0.25) is 10.2 Å². The lowest BCUT2D eigenvalue weighted by molar-refractivity contribution is 0.120. The summed E-state index contributed by atoms with van der Waals surface area (Å²) in [6.45, 7) is 5.82. The molecule has 0 radical (unpaired) electrons. The number of piperidine rings is 1. The van der Waals surface area contributed by atoms with E-state index in [9.17, 15) is 8.42 Å². The summed E-state index contributed by atoms with van der Waals surface area (Å²) in [5, 5.41) is 3.68. The molecule has 0 unspecified atom stereocenters. The summed E-state index contributed by atoms with van der Waals surface area (Å²) in [4.78, 5) is 17.8. The summed E-state index contributed by atoms with van der Waals surface area (Å²) in [5.41, 5.74) is 4.35. The molecule has 2 saturated heterocycles. The third kappa shape index (κ3) is 4.05. The molecule has 4 heterocycles. The highest BCUT2D eigenvalue weighted by Gasteiger charge is 2.41. The summed E-state index contributed by atoms with van der Waals surface area (Å²) in [5.74, 6) is 0.573. The minimum absolute atomic E-state index is 0.0496. The predicted molar refractivity (Wildman–Crippen MR) is 122 cm³/mol. The second-order valence-electron chi connectivity index (χ2n) is 8.60. The maximum Gasteiger partial charge on any atom is 0.226 e. The maximum absolute atomic E-state index is 11.6. The van der Waals surface area contributed by atoms with Crippen molar-refractivity contribution in [2.45, 2.75) is 36.2 Å². The number of sulfone groups is 1. The van der Waals surface area contributed by atoms with Gasteiger partial charge in [0.1, 0.15) is 4.90 Å². The molecule has 0 bridgehead atoms. The van der Waals surface area contributed by atoms with Crippen LogP contribution in [0.15, 0.2) is 41.0 Å². The molecule has 2 fully saturated rings. The van der Waals surface area contributed by atoms with Crippen LogP contribution in [-0.2, 0) is 9.84 Å². The molecule has 8 nitrogen and oxygen atoms in total. The number of likely N-dealkylation sites (tertiary alicyclic amines) is 1. The van der Waals surface area contributed by atoms with Crippen LogP contribution in [0.2, 0.25) is 0 Å². The highest BCUT2D eigenvalue weighted by molar-refractivity contribution is 7.90. The Labute approximate surface area is 186 Å². The lowest BCUT2D eigenvalue weighted by Gasteiger charge is -2.41. The van der Waals surface area contributed by atoms with Crippen LogP contribution in [0, 0.1) is 0 Å². The fraction of sp³-hybridized carbons (Fsp3) is 0.476. The molecule has 10 heteroatoms. The summed E-state index contributed by atoms with van der Waals surface area (Å²) in [6.07, 6.45) is 6.06. The first kappa shape index (κ1) is 20.7. The summed E-state index contributed by atoms with van der Waals surface area (Å²) in [6, 6.07) is 6.97. The van der Waals surface area contributed by atoms with Crippen molar-refractivity contribution in [1.29, 1.82) is 0 Å². The third-order valence-corrected chi connectivity index (χ3v) is 8.48. The number of thiazole rings is 1. The van der Waals surface area contributed by atoms with Crippen molar-refractivity contribution < 1.29 is 8.42 Å². The Balaban J connectivity index is 1.23. The van der Waals surface area contributed by atoms with Gasteiger partial charge in [0.15, 0.2) is 9.84 Å². The fourth-order valence-electron chi connectivity index (χ4n) is 4.57. The van der Waals surface area contributed by atoms with Crippen LogP contribution in [0.25, 0.3) is 10.2 Å². The number of hydrogen-bond donors (Lipinski definition) is 1. The van der Waals surface area contributed by atoms with E-state index >= 15 is 0 Å². The number of fused-ring (bicyclic) bond motifs is 1. The lowest BCUT2D eigenvalue weighted by Crippen LogP contribution is -2.52. The zero-order chi connectivity index (χ0) is 21.6. The first-order chi connectivity index (χ1) is 14.8. The van der Waals surface area contributed by atoms with Gasteiger partial charge in [-0.05, 0) is 37.5 Å². The van der Waals surface area contributed by atoms with Crippen molar-refractivity contribution in [3.8, 4) is 0 Å². The third-order valence-electron chi connectivity index (χ3n) is 6.60. The number of hydrogen-bond acceptors (Lipinski definition) is 9. The zero-order valence-corrected chi connectivity index (χ0v) is 19.3. The van der Waals surface area contributed by atoms with Gasteiger partial charge in [-0.2, -0.15) is 0 Å². The molecule has 0 amide bonds. The molecule has 31 heavy (non-hydrogen) atoms. The quantitative estimate of drug-likeness (QED) is 0.638. The summed E-state index contributed by atoms with van der Waals surface area (Å²) in [7, 11) is -3.28. The molecule has 1 N–H and O–H groups in total. The zero-order valence-electron chi connectivity index (χ0n) is 17.7. The molecule has 1 spiro atoms. The van der Waals surface area contributed by atoms with E-state index in [1.807, 2.05) is 5.51 Å². The van der Waals surface area contributed by atoms with Gasteiger partial charge in [0.05, 0.1) is 34.8 Å². The van der Waals surface area contributed by atoms with Crippen LogP contribution in [0.4, 0.5) is 5.95 Å². The van der Waals surface area contributed by atoms with Crippen LogP contribution in [-0.4, -0.2) is 66.4 Å². The number of anilines is 1. The van der Waals surface area contributed by atoms with E-state index in [0.29, 0.717) is 18.7 Å². The molecule has 5 rings (SSSR count). The Morgan fingerprint density at radius 2 is 1.90 bits per heavy atom. The van der Waals surface area contributed by atoms with E-state index in [1.165, 1.54) is 28.9 Å². The second-order valence-corrected chi connectivity index (χ2v) is 11.5. The number of rotatable bonds is 4. The number of nitrogens with one attached hydrogen (secondary N) is 1. The van der Waals surface area contributed by atoms with Crippen LogP contribution in [0.1, 0.15) is 31.4 Å². The van der Waals surface area contributed by atoms with Gasteiger partial charge in [0, 0.05) is 37.5 Å². The van der Waals surface area contributed by atoms with Gasteiger partial charge < -0.3 is 4.90 Å². The fourth-order valence-corrected chi connectivity index (χ4v) is 5.71. The molecular weight excluding hydrogens is 432 g/mol. The molecule has 2 aliphatic heterocycles. The van der Waals surface area contributed by atoms with Crippen LogP contribution in [0.5, 0.6) is 0 Å². The van der Waals surface area contributed by atoms with Crippen LogP contribution >= 0.6 is 11.3 Å². The molecule has 2 aliphatic rings. The normalized spacial score (nSPS) is 20.5. The van der Waals surface area contributed by atoms with Crippen LogP contribution in [0.3, 0.4) is 0 Å². The summed E-state index contributed by atoms with van der Waals surface area (Å²) < 4.78 is 24.5. The van der Waals surface area contributed by atoms with Crippen molar-refractivity contribution in [2.24, 2.45) is 0 Å². The standard InChI is InChI=1S/C21H26N6O2S2/c1-15(16-3-4-19-18(9-16)24-14-30-19)26-7-5-21(6-8-26)12-27(13-25-21)20-22-10-17(11-23-20)31(2,28)29/h3-4,9-11,14-15,25H,5-8,12-13H2,1-2H3/t15-/m0/s1. The maximum atomic E-state index is 11.6. The minimum Gasteiger partial charge on any atom is -0.326 e. The Morgan fingerprint density at radius 1 is 1.16 bits per heavy atom. The van der Waals surface area contributed by atoms with Crippen molar-refractivity contribution in [1.82, 2.24) is 25.2 Å². The van der Waals surface area contributed by atoms with E-state index < -0.39 is 9.84 Å². The average Bonchev–Trinajstić information content (AvgIpc) is 3.40. The van der Waals surface area contributed by atoms with Crippen molar-refractivity contribution in [3.63, 3.8) is 0 Å². The largest absolute Gasteiger partial charge is 0.326 e. The summed E-state index contributed by atoms with van der Waals surface area (Å²) >= 11 is 1.68. The Bertz CT molecular complexity index is 1190. The van der Waals surface area contributed by atoms with E-state index in [4.69, 9.17) is 0 Å². The van der Waals surface area contributed by atoms with Crippen molar-refractivity contribution in [3.05, 3.63) is 41.7 Å². The molecule has 2 aromatic heterocycles. The van der Waals surface area contributed by atoms with Gasteiger partial charge in [-0.15, -0.1) is 11.3 Å².